The van der Waals surface area contributed by atoms with E-state index in [1.165, 1.54) is 24.5 Å². The summed E-state index contributed by atoms with van der Waals surface area (Å²) in [6, 6.07) is 0.941. The van der Waals surface area contributed by atoms with Gasteiger partial charge in [0.1, 0.15) is 11.8 Å². The third kappa shape index (κ3) is 4.72. The number of carbonyl (C=O) groups is 1. The molecule has 9 nitrogen and oxygen atoms in total. The molecule has 108 valence electrons. The number of urea groups is 1. The molecule has 8 N–H and O–H groups in total. The number of anilines is 1. The summed E-state index contributed by atoms with van der Waals surface area (Å²) in [5, 5.41) is 10.1. The summed E-state index contributed by atoms with van der Waals surface area (Å²) in [6.45, 7) is -0.0541. The number of nitrogens with one attached hydrogen (secondary N) is 4. The number of pyridine rings is 1. The maximum absolute atomic E-state index is 11.4. The molecule has 0 radical (unpaired) electrons. The highest BCUT2D eigenvalue weighted by atomic mass is 35.5. The maximum Gasteiger partial charge on any atom is 0.334 e. The molecule has 0 aliphatic carbocycles. The third-order valence-corrected chi connectivity index (χ3v) is 2.38. The van der Waals surface area contributed by atoms with E-state index in [-0.39, 0.29) is 17.7 Å². The molecule has 2 amide bonds. The Hall–Kier alpha value is -2.36. The van der Waals surface area contributed by atoms with Crippen molar-refractivity contribution < 1.29 is 9.53 Å². The van der Waals surface area contributed by atoms with Gasteiger partial charge in [0.2, 0.25) is 5.90 Å². The molecule has 0 aliphatic rings. The molecule has 1 rings (SSSR count). The van der Waals surface area contributed by atoms with Crippen LogP contribution in [0.4, 0.5) is 10.5 Å². The van der Waals surface area contributed by atoms with Crippen LogP contribution in [0.2, 0.25) is 5.15 Å². The molecular weight excluding hydrogens is 286 g/mol. The lowest BCUT2D eigenvalue weighted by molar-refractivity contribution is 0.248. The van der Waals surface area contributed by atoms with E-state index in [0.717, 1.165) is 0 Å². The topological polar surface area (TPSA) is 151 Å². The Morgan fingerprint density at radius 3 is 3.00 bits per heavy atom. The number of nitrogens with zero attached hydrogens (tertiary/aromatic N) is 1. The van der Waals surface area contributed by atoms with Gasteiger partial charge in [-0.3, -0.25) is 16.7 Å². The number of hydrogen-bond acceptors (Lipinski definition) is 7. The van der Waals surface area contributed by atoms with Gasteiger partial charge in [-0.05, 0) is 12.3 Å². The predicted molar refractivity (Wildman–Crippen MR) is 74.6 cm³/mol. The van der Waals surface area contributed by atoms with E-state index in [9.17, 15) is 4.79 Å². The van der Waals surface area contributed by atoms with Crippen molar-refractivity contribution in [2.75, 3.05) is 5.32 Å². The molecule has 20 heavy (non-hydrogen) atoms. The summed E-state index contributed by atoms with van der Waals surface area (Å²) in [4.78, 5) is 15.3. The summed E-state index contributed by atoms with van der Waals surface area (Å²) < 4.78 is 5.11. The first-order valence-corrected chi connectivity index (χ1v) is 5.72. The van der Waals surface area contributed by atoms with Crippen molar-refractivity contribution in [3.05, 3.63) is 35.3 Å². The van der Waals surface area contributed by atoms with Crippen LogP contribution in [0, 0.1) is 5.41 Å². The number of nitrogens with two attached hydrogens (primary N) is 2. The normalized spacial score (nSPS) is 10.3. The minimum atomic E-state index is -0.590. The zero-order valence-electron chi connectivity index (χ0n) is 10.3. The van der Waals surface area contributed by atoms with Gasteiger partial charge in [-0.25, -0.2) is 9.78 Å². The van der Waals surface area contributed by atoms with E-state index < -0.39 is 6.03 Å². The first-order valence-electron chi connectivity index (χ1n) is 5.34. The highest BCUT2D eigenvalue weighted by Gasteiger charge is 2.12. The smallest absolute Gasteiger partial charge is 0.334 e. The highest BCUT2D eigenvalue weighted by molar-refractivity contribution is 6.30. The van der Waals surface area contributed by atoms with Crippen molar-refractivity contribution in [1.82, 2.24) is 15.9 Å². The van der Waals surface area contributed by atoms with Gasteiger partial charge < -0.3 is 15.8 Å². The summed E-state index contributed by atoms with van der Waals surface area (Å²) in [7, 11) is 0. The van der Waals surface area contributed by atoms with Crippen LogP contribution in [0.15, 0.2) is 24.5 Å². The van der Waals surface area contributed by atoms with Crippen molar-refractivity contribution in [2.24, 2.45) is 11.6 Å². The lowest BCUT2D eigenvalue weighted by Gasteiger charge is -2.12. The minimum Gasteiger partial charge on any atom is -0.473 e. The number of carbonyl (C=O) groups excluding carboxylic acids is 1. The molecule has 0 unspecified atom stereocenters. The molecule has 0 atom stereocenters. The monoisotopic (exact) mass is 299 g/mol. The SMILES string of the molecule is N=C(/C=C\N)OCc1c(NC(=O)NNN)ccnc1Cl. The van der Waals surface area contributed by atoms with Gasteiger partial charge in [-0.15, -0.1) is 0 Å². The molecule has 10 heteroatoms. The fourth-order valence-electron chi connectivity index (χ4n) is 1.23. The minimum absolute atomic E-state index is 0.0541. The molecular formula is C10H14ClN7O2. The molecule has 0 aliphatic heterocycles. The van der Waals surface area contributed by atoms with Crippen LogP contribution in [-0.4, -0.2) is 16.9 Å². The standard InChI is InChI=1S/C10H14ClN7O2/c11-9-6(5-20-8(13)1-3-12)7(2-4-15-9)16-10(19)17-18-14/h1-4,13,18H,5,12,14H2,(H2,15,16,17,19)/b3-1-,13-8?. The summed E-state index contributed by atoms with van der Waals surface area (Å²) >= 11 is 5.93. The first-order chi connectivity index (χ1) is 9.58. The van der Waals surface area contributed by atoms with E-state index in [1.54, 1.807) is 0 Å². The zero-order valence-corrected chi connectivity index (χ0v) is 11.1. The highest BCUT2D eigenvalue weighted by Crippen LogP contribution is 2.23. The predicted octanol–water partition coefficient (Wildman–Crippen LogP) is 0.201. The average Bonchev–Trinajstić information content (AvgIpc) is 2.38. The van der Waals surface area contributed by atoms with Crippen molar-refractivity contribution in [3.8, 4) is 0 Å². The number of amides is 2. The Bertz CT molecular complexity index is 520. The Morgan fingerprint density at radius 1 is 1.60 bits per heavy atom. The van der Waals surface area contributed by atoms with Gasteiger partial charge in [0.25, 0.3) is 0 Å². The fraction of sp³-hybridized carbons (Fsp3) is 0.100. The number of aromatic nitrogens is 1. The molecule has 0 fully saturated rings. The summed E-state index contributed by atoms with van der Waals surface area (Å²) in [6.07, 6.45) is 3.86. The largest absolute Gasteiger partial charge is 0.473 e. The van der Waals surface area contributed by atoms with Gasteiger partial charge >= 0.3 is 6.03 Å². The van der Waals surface area contributed by atoms with E-state index >= 15 is 0 Å². The first kappa shape index (κ1) is 15.7. The van der Waals surface area contributed by atoms with Crippen LogP contribution >= 0.6 is 11.6 Å². The van der Waals surface area contributed by atoms with Crippen molar-refractivity contribution in [2.45, 2.75) is 6.61 Å². The Morgan fingerprint density at radius 2 is 2.35 bits per heavy atom. The quantitative estimate of drug-likeness (QED) is 0.150. The number of ether oxygens (including phenoxy) is 1. The summed E-state index contributed by atoms with van der Waals surface area (Å²) in [5.74, 6) is 4.80. The van der Waals surface area contributed by atoms with Crippen molar-refractivity contribution in [3.63, 3.8) is 0 Å². The average molecular weight is 300 g/mol. The van der Waals surface area contributed by atoms with Crippen LogP contribution in [0.5, 0.6) is 0 Å². The fourth-order valence-corrected chi connectivity index (χ4v) is 1.44. The van der Waals surface area contributed by atoms with Crippen LogP contribution in [0.3, 0.4) is 0 Å². The number of halogens is 1. The number of hydrazine groups is 2. The maximum atomic E-state index is 11.4. The molecule has 0 bridgehead atoms. The van der Waals surface area contributed by atoms with Gasteiger partial charge in [-0.2, -0.15) is 5.53 Å². The van der Waals surface area contributed by atoms with E-state index in [2.05, 4.69) is 15.7 Å². The number of rotatable bonds is 5. The molecule has 0 aromatic carbocycles. The van der Waals surface area contributed by atoms with Crippen LogP contribution in [-0.2, 0) is 11.3 Å². The zero-order chi connectivity index (χ0) is 15.0. The van der Waals surface area contributed by atoms with Gasteiger partial charge in [0, 0.05) is 12.3 Å². The molecule has 0 spiro atoms. The molecule has 1 aromatic heterocycles. The molecule has 1 aromatic rings. The second-order valence-corrected chi connectivity index (χ2v) is 3.72. The third-order valence-electron chi connectivity index (χ3n) is 2.06. The van der Waals surface area contributed by atoms with Crippen LogP contribution in [0.1, 0.15) is 5.56 Å². The van der Waals surface area contributed by atoms with Crippen LogP contribution in [0.25, 0.3) is 0 Å². The second-order valence-electron chi connectivity index (χ2n) is 3.36. The van der Waals surface area contributed by atoms with Crippen molar-refractivity contribution >= 4 is 29.2 Å². The molecule has 0 saturated carbocycles. The Kier molecular flexibility index (Phi) is 6.23. The Labute approximate surface area is 119 Å². The van der Waals surface area contributed by atoms with Gasteiger partial charge in [0.05, 0.1) is 11.3 Å². The molecule has 0 saturated heterocycles. The van der Waals surface area contributed by atoms with E-state index in [0.29, 0.717) is 11.3 Å². The lowest BCUT2D eigenvalue weighted by Crippen LogP contribution is -2.44. The second kappa shape index (κ2) is 7.94. The summed E-state index contributed by atoms with van der Waals surface area (Å²) in [5.41, 5.74) is 10.0. The van der Waals surface area contributed by atoms with Crippen molar-refractivity contribution in [1.29, 1.82) is 5.41 Å². The van der Waals surface area contributed by atoms with Gasteiger partial charge in [0.15, 0.2) is 0 Å². The number of hydrogen-bond donors (Lipinski definition) is 6. The van der Waals surface area contributed by atoms with E-state index in [4.69, 9.17) is 33.3 Å². The van der Waals surface area contributed by atoms with Gasteiger partial charge in [-0.1, -0.05) is 11.6 Å². The van der Waals surface area contributed by atoms with E-state index in [1.807, 2.05) is 5.53 Å². The lowest BCUT2D eigenvalue weighted by atomic mass is 10.2. The molecule has 1 heterocycles. The van der Waals surface area contributed by atoms with Crippen LogP contribution < -0.4 is 27.9 Å². The Balaban J connectivity index is 2.82.